The van der Waals surface area contributed by atoms with Gasteiger partial charge in [0, 0.05) is 13.3 Å². The number of carbonyl (C=O) groups is 2. The predicted octanol–water partition coefficient (Wildman–Crippen LogP) is 1.63. The molecule has 0 radical (unpaired) electrons. The second-order valence-corrected chi connectivity index (χ2v) is 4.19. The average Bonchev–Trinajstić information content (AvgIpc) is 1.98. The molecular formula is C10H16O4. The Balaban J connectivity index is 2.54. The van der Waals surface area contributed by atoms with Crippen molar-refractivity contribution >= 4 is 11.9 Å². The molecule has 0 aromatic heterocycles. The lowest BCUT2D eigenvalue weighted by atomic mass is 10.0. The molecule has 80 valence electrons. The van der Waals surface area contributed by atoms with Crippen molar-refractivity contribution in [2.45, 2.75) is 45.8 Å². The first kappa shape index (κ1) is 11.0. The summed E-state index contributed by atoms with van der Waals surface area (Å²) < 4.78 is 10.0. The lowest BCUT2D eigenvalue weighted by Crippen LogP contribution is -2.42. The summed E-state index contributed by atoms with van der Waals surface area (Å²) in [5.74, 6) is -1.54. The fourth-order valence-electron chi connectivity index (χ4n) is 1.35. The van der Waals surface area contributed by atoms with Gasteiger partial charge in [0.2, 0.25) is 0 Å². The zero-order chi connectivity index (χ0) is 10.8. The quantitative estimate of drug-likeness (QED) is 0.513. The molecule has 0 N–H and O–H groups in total. The van der Waals surface area contributed by atoms with Crippen LogP contribution in [0.4, 0.5) is 0 Å². The van der Waals surface area contributed by atoms with Crippen molar-refractivity contribution in [1.82, 2.24) is 0 Å². The largest absolute Gasteiger partial charge is 0.422 e. The van der Waals surface area contributed by atoms with Crippen LogP contribution in [0.2, 0.25) is 0 Å². The van der Waals surface area contributed by atoms with Crippen molar-refractivity contribution < 1.29 is 19.1 Å². The van der Waals surface area contributed by atoms with E-state index in [0.717, 1.165) is 6.42 Å². The van der Waals surface area contributed by atoms with Gasteiger partial charge in [-0.05, 0) is 12.3 Å². The van der Waals surface area contributed by atoms with E-state index in [4.69, 9.17) is 9.47 Å². The van der Waals surface area contributed by atoms with Gasteiger partial charge < -0.3 is 9.47 Å². The van der Waals surface area contributed by atoms with E-state index < -0.39 is 17.7 Å². The van der Waals surface area contributed by atoms with E-state index in [-0.39, 0.29) is 6.42 Å². The Morgan fingerprint density at radius 2 is 1.79 bits per heavy atom. The normalized spacial score (nSPS) is 20.6. The highest BCUT2D eigenvalue weighted by molar-refractivity contribution is 5.93. The molecular weight excluding hydrogens is 184 g/mol. The van der Waals surface area contributed by atoms with Crippen LogP contribution in [0.5, 0.6) is 0 Å². The molecule has 0 atom stereocenters. The summed E-state index contributed by atoms with van der Waals surface area (Å²) in [6.45, 7) is 5.76. The maximum Gasteiger partial charge on any atom is 0.320 e. The van der Waals surface area contributed by atoms with E-state index >= 15 is 0 Å². The molecule has 0 bridgehead atoms. The van der Waals surface area contributed by atoms with Gasteiger partial charge in [0.15, 0.2) is 0 Å². The van der Waals surface area contributed by atoms with E-state index in [0.29, 0.717) is 12.3 Å². The van der Waals surface area contributed by atoms with Crippen LogP contribution in [0.1, 0.15) is 40.0 Å². The predicted molar refractivity (Wildman–Crippen MR) is 49.3 cm³/mol. The fraction of sp³-hybridized carbons (Fsp3) is 0.800. The van der Waals surface area contributed by atoms with Crippen molar-refractivity contribution in [3.05, 3.63) is 0 Å². The van der Waals surface area contributed by atoms with E-state index in [9.17, 15) is 9.59 Å². The number of hydrogen-bond acceptors (Lipinski definition) is 4. The molecule has 1 aliphatic heterocycles. The van der Waals surface area contributed by atoms with Crippen LogP contribution in [0, 0.1) is 5.92 Å². The van der Waals surface area contributed by atoms with Gasteiger partial charge in [-0.15, -0.1) is 0 Å². The van der Waals surface area contributed by atoms with Gasteiger partial charge in [0.05, 0.1) is 0 Å². The number of cyclic esters (lactones) is 2. The maximum absolute atomic E-state index is 11.0. The maximum atomic E-state index is 11.0. The van der Waals surface area contributed by atoms with E-state index in [1.54, 1.807) is 6.92 Å². The van der Waals surface area contributed by atoms with Crippen LogP contribution < -0.4 is 0 Å². The Hall–Kier alpha value is -1.06. The van der Waals surface area contributed by atoms with Crippen LogP contribution in [0.25, 0.3) is 0 Å². The van der Waals surface area contributed by atoms with Gasteiger partial charge in [-0.3, -0.25) is 9.59 Å². The first-order chi connectivity index (χ1) is 6.41. The van der Waals surface area contributed by atoms with Crippen LogP contribution in [0.15, 0.2) is 0 Å². The second kappa shape index (κ2) is 3.98. The lowest BCUT2D eigenvalue weighted by Gasteiger charge is -2.32. The van der Waals surface area contributed by atoms with Crippen LogP contribution in [-0.4, -0.2) is 17.7 Å². The van der Waals surface area contributed by atoms with Gasteiger partial charge in [-0.2, -0.15) is 0 Å². The standard InChI is InChI=1S/C10H16O4/c1-7(2)4-5-10(3)13-8(11)6-9(12)14-10/h7H,4-6H2,1-3H3. The lowest BCUT2D eigenvalue weighted by molar-refractivity contribution is -0.240. The summed E-state index contributed by atoms with van der Waals surface area (Å²) in [6.07, 6.45) is 1.15. The number of ether oxygens (including phenoxy) is 2. The Morgan fingerprint density at radius 1 is 1.29 bits per heavy atom. The van der Waals surface area contributed by atoms with Gasteiger partial charge in [0.1, 0.15) is 6.42 Å². The summed E-state index contributed by atoms with van der Waals surface area (Å²) in [5, 5.41) is 0. The average molecular weight is 200 g/mol. The highest BCUT2D eigenvalue weighted by Crippen LogP contribution is 2.26. The molecule has 0 unspecified atom stereocenters. The number of esters is 2. The van der Waals surface area contributed by atoms with Crippen molar-refractivity contribution in [3.63, 3.8) is 0 Å². The third-order valence-electron chi connectivity index (χ3n) is 2.12. The van der Waals surface area contributed by atoms with Crippen LogP contribution in [-0.2, 0) is 19.1 Å². The summed E-state index contributed by atoms with van der Waals surface area (Å²) >= 11 is 0. The van der Waals surface area contributed by atoms with Crippen molar-refractivity contribution in [2.24, 2.45) is 5.92 Å². The Morgan fingerprint density at radius 3 is 2.21 bits per heavy atom. The highest BCUT2D eigenvalue weighted by Gasteiger charge is 2.38. The number of hydrogen-bond donors (Lipinski definition) is 0. The molecule has 1 aliphatic rings. The Labute approximate surface area is 83.6 Å². The third-order valence-corrected chi connectivity index (χ3v) is 2.12. The minimum atomic E-state index is -1.04. The smallest absolute Gasteiger partial charge is 0.320 e. The minimum Gasteiger partial charge on any atom is -0.422 e. The van der Waals surface area contributed by atoms with Crippen molar-refractivity contribution in [2.75, 3.05) is 0 Å². The van der Waals surface area contributed by atoms with Gasteiger partial charge in [-0.1, -0.05) is 13.8 Å². The minimum absolute atomic E-state index is 0.267. The monoisotopic (exact) mass is 200 g/mol. The molecule has 0 spiro atoms. The zero-order valence-corrected chi connectivity index (χ0v) is 8.83. The third kappa shape index (κ3) is 3.01. The Kier molecular flexibility index (Phi) is 3.13. The topological polar surface area (TPSA) is 52.6 Å². The number of rotatable bonds is 3. The second-order valence-electron chi connectivity index (χ2n) is 4.19. The summed E-state index contributed by atoms with van der Waals surface area (Å²) in [6, 6.07) is 0. The fourth-order valence-corrected chi connectivity index (χ4v) is 1.35. The first-order valence-electron chi connectivity index (χ1n) is 4.85. The van der Waals surface area contributed by atoms with E-state index in [1.807, 2.05) is 0 Å². The van der Waals surface area contributed by atoms with E-state index in [1.165, 1.54) is 0 Å². The molecule has 0 aromatic carbocycles. The van der Waals surface area contributed by atoms with Crippen molar-refractivity contribution in [1.29, 1.82) is 0 Å². The summed E-state index contributed by atoms with van der Waals surface area (Å²) in [4.78, 5) is 22.0. The molecule has 0 aliphatic carbocycles. The molecule has 0 amide bonds. The molecule has 1 fully saturated rings. The van der Waals surface area contributed by atoms with Crippen LogP contribution in [0.3, 0.4) is 0 Å². The molecule has 1 saturated heterocycles. The van der Waals surface area contributed by atoms with Gasteiger partial charge >= 0.3 is 11.9 Å². The van der Waals surface area contributed by atoms with Crippen molar-refractivity contribution in [3.8, 4) is 0 Å². The summed E-state index contributed by atoms with van der Waals surface area (Å²) in [5.41, 5.74) is 0. The zero-order valence-electron chi connectivity index (χ0n) is 8.83. The van der Waals surface area contributed by atoms with Crippen LogP contribution >= 0.6 is 0 Å². The molecule has 14 heavy (non-hydrogen) atoms. The SMILES string of the molecule is CC(C)CCC1(C)OC(=O)CC(=O)O1. The van der Waals surface area contributed by atoms with E-state index in [2.05, 4.69) is 13.8 Å². The highest BCUT2D eigenvalue weighted by atomic mass is 16.7. The molecule has 4 heteroatoms. The first-order valence-corrected chi connectivity index (χ1v) is 4.85. The molecule has 0 saturated carbocycles. The van der Waals surface area contributed by atoms with Gasteiger partial charge in [0.25, 0.3) is 5.79 Å². The molecule has 0 aromatic rings. The molecule has 1 rings (SSSR count). The molecule has 1 heterocycles. The van der Waals surface area contributed by atoms with Gasteiger partial charge in [-0.25, -0.2) is 0 Å². The Bertz CT molecular complexity index is 229. The molecule has 4 nitrogen and oxygen atoms in total. The number of carbonyl (C=O) groups excluding carboxylic acids is 2. The summed E-state index contributed by atoms with van der Waals surface area (Å²) in [7, 11) is 0.